The topological polar surface area (TPSA) is 153 Å². The second-order valence-corrected chi connectivity index (χ2v) is 12.7. The molecule has 1 aromatic rings. The van der Waals surface area contributed by atoms with Crippen LogP contribution >= 0.6 is 0 Å². The SMILES string of the molecule is [CH][C@@H](c1ccco1)[C@@H](O)C(=O)O[C@H]1C[C@@]2(O)[C@@H](OC(C)=O)[C@@H]3[C@]4(O)CO[C@@H]4CC[C@@]3(C)C(=O)CC(=C1C)C2(C)C. The van der Waals surface area contributed by atoms with E-state index in [1.807, 2.05) is 0 Å². The summed E-state index contributed by atoms with van der Waals surface area (Å²) >= 11 is 0. The monoisotopic (exact) mass is 558 g/mol. The van der Waals surface area contributed by atoms with E-state index in [1.54, 1.807) is 33.8 Å². The molecule has 1 aromatic heterocycles. The van der Waals surface area contributed by atoms with Crippen LogP contribution < -0.4 is 0 Å². The minimum absolute atomic E-state index is 0.0505. The fourth-order valence-corrected chi connectivity index (χ4v) is 7.62. The molecule has 3 aliphatic carbocycles. The van der Waals surface area contributed by atoms with Gasteiger partial charge in [-0.3, -0.25) is 9.59 Å². The molecule has 10 nitrogen and oxygen atoms in total. The zero-order valence-electron chi connectivity index (χ0n) is 23.5. The number of fused-ring (bicyclic) bond motifs is 5. The van der Waals surface area contributed by atoms with Gasteiger partial charge in [0.2, 0.25) is 0 Å². The fourth-order valence-electron chi connectivity index (χ4n) is 7.62. The van der Waals surface area contributed by atoms with Gasteiger partial charge in [0.05, 0.1) is 24.9 Å². The zero-order valence-corrected chi connectivity index (χ0v) is 23.5. The zero-order chi connectivity index (χ0) is 29.4. The summed E-state index contributed by atoms with van der Waals surface area (Å²) in [5.74, 6) is -3.84. The molecule has 0 amide bonds. The summed E-state index contributed by atoms with van der Waals surface area (Å²) in [5.41, 5.74) is -4.47. The van der Waals surface area contributed by atoms with E-state index in [0.29, 0.717) is 24.0 Å². The van der Waals surface area contributed by atoms with Gasteiger partial charge in [0.15, 0.2) is 6.10 Å². The van der Waals surface area contributed by atoms with Crippen molar-refractivity contribution in [3.63, 3.8) is 0 Å². The summed E-state index contributed by atoms with van der Waals surface area (Å²) in [4.78, 5) is 39.7. The molecule has 2 heterocycles. The normalized spacial score (nSPS) is 40.0. The van der Waals surface area contributed by atoms with Gasteiger partial charge in [0, 0.05) is 36.5 Å². The Hall–Kier alpha value is -2.53. The van der Waals surface area contributed by atoms with Gasteiger partial charge in [0.25, 0.3) is 0 Å². The summed E-state index contributed by atoms with van der Waals surface area (Å²) in [7, 11) is 0. The van der Waals surface area contributed by atoms with Crippen LogP contribution in [-0.2, 0) is 28.6 Å². The fraction of sp³-hybridized carbons (Fsp3) is 0.667. The number of carbonyl (C=O) groups is 3. The van der Waals surface area contributed by atoms with E-state index < -0.39 is 70.2 Å². The largest absolute Gasteiger partial charge is 0.469 e. The minimum Gasteiger partial charge on any atom is -0.469 e. The van der Waals surface area contributed by atoms with Crippen molar-refractivity contribution in [2.45, 2.75) is 102 Å². The smallest absolute Gasteiger partial charge is 0.336 e. The van der Waals surface area contributed by atoms with E-state index in [4.69, 9.17) is 25.6 Å². The lowest BCUT2D eigenvalue weighted by Gasteiger charge is -2.65. The van der Waals surface area contributed by atoms with Crippen molar-refractivity contribution >= 4 is 17.7 Å². The summed E-state index contributed by atoms with van der Waals surface area (Å²) in [6.07, 6.45) is -2.77. The van der Waals surface area contributed by atoms with Crippen LogP contribution in [0.25, 0.3) is 0 Å². The molecule has 40 heavy (non-hydrogen) atoms. The third-order valence-electron chi connectivity index (χ3n) is 10.3. The van der Waals surface area contributed by atoms with Crippen molar-refractivity contribution in [1.82, 2.24) is 0 Å². The standard InChI is InChI=1S/C30H38O10/c1-15-18-12-21(32)28(6)10-9-22-29(35,14-38-22)24(28)25(39-17(3)31)30(36,27(18,4)5)13-20(15)40-26(34)23(33)16(2)19-8-7-11-37-19/h2,7-8,11,16,20,22-25,33,35-36H,9-10,12-14H2,1,3-6H3/t16-,20-,22+,23+,24-,25-,28-,29-,30+/m0/s1. The number of esters is 2. The lowest BCUT2D eigenvalue weighted by Crippen LogP contribution is -2.77. The lowest BCUT2D eigenvalue weighted by atomic mass is 9.46. The summed E-state index contributed by atoms with van der Waals surface area (Å²) < 4.78 is 22.5. The van der Waals surface area contributed by atoms with Gasteiger partial charge in [-0.2, -0.15) is 0 Å². The van der Waals surface area contributed by atoms with Gasteiger partial charge in [0.1, 0.15) is 35.0 Å². The third kappa shape index (κ3) is 4.01. The Balaban J connectivity index is 1.59. The van der Waals surface area contributed by atoms with Crippen molar-refractivity contribution in [3.05, 3.63) is 42.2 Å². The molecule has 3 fully saturated rings. The Bertz CT molecular complexity index is 1230. The predicted molar refractivity (Wildman–Crippen MR) is 138 cm³/mol. The molecule has 1 saturated heterocycles. The molecule has 0 aromatic carbocycles. The molecule has 0 spiro atoms. The molecule has 218 valence electrons. The molecule has 2 saturated carbocycles. The molecule has 2 bridgehead atoms. The van der Waals surface area contributed by atoms with Gasteiger partial charge < -0.3 is 33.9 Å². The maximum Gasteiger partial charge on any atom is 0.336 e. The van der Waals surface area contributed by atoms with Gasteiger partial charge in [-0.1, -0.05) is 26.3 Å². The summed E-state index contributed by atoms with van der Waals surface area (Å²) in [6, 6.07) is 3.10. The molecule has 9 atom stereocenters. The van der Waals surface area contributed by atoms with E-state index in [-0.39, 0.29) is 31.0 Å². The van der Waals surface area contributed by atoms with Crippen LogP contribution in [0.15, 0.2) is 34.0 Å². The van der Waals surface area contributed by atoms with E-state index >= 15 is 0 Å². The summed E-state index contributed by atoms with van der Waals surface area (Å²) in [6.45, 7) is 14.2. The number of aliphatic hydroxyl groups excluding tert-OH is 1. The molecule has 2 radical (unpaired) electrons. The van der Waals surface area contributed by atoms with Crippen molar-refractivity contribution in [1.29, 1.82) is 0 Å². The second-order valence-electron chi connectivity index (χ2n) is 12.7. The number of hydrogen-bond donors (Lipinski definition) is 3. The van der Waals surface area contributed by atoms with E-state index in [1.165, 1.54) is 19.3 Å². The Kier molecular flexibility index (Phi) is 6.89. The van der Waals surface area contributed by atoms with Crippen LogP contribution in [0.5, 0.6) is 0 Å². The van der Waals surface area contributed by atoms with Gasteiger partial charge >= 0.3 is 11.9 Å². The average molecular weight is 559 g/mol. The molecular formula is C30H38O10. The Labute approximate surface area is 233 Å². The first-order valence-corrected chi connectivity index (χ1v) is 13.7. The van der Waals surface area contributed by atoms with Crippen molar-refractivity contribution in [2.75, 3.05) is 6.61 Å². The predicted octanol–water partition coefficient (Wildman–Crippen LogP) is 2.28. The highest BCUT2D eigenvalue weighted by molar-refractivity contribution is 5.88. The molecule has 0 unspecified atom stereocenters. The quantitative estimate of drug-likeness (QED) is 0.362. The number of carbonyl (C=O) groups excluding carboxylic acids is 3. The van der Waals surface area contributed by atoms with Crippen molar-refractivity contribution in [2.24, 2.45) is 16.7 Å². The number of ketones is 1. The molecule has 3 N–H and O–H groups in total. The van der Waals surface area contributed by atoms with Crippen molar-refractivity contribution < 1.29 is 48.3 Å². The van der Waals surface area contributed by atoms with E-state index in [0.717, 1.165) is 0 Å². The highest BCUT2D eigenvalue weighted by atomic mass is 16.6. The van der Waals surface area contributed by atoms with Crippen molar-refractivity contribution in [3.8, 4) is 0 Å². The van der Waals surface area contributed by atoms with Crippen LogP contribution in [0.3, 0.4) is 0 Å². The van der Waals surface area contributed by atoms with Crippen LogP contribution in [0.1, 0.15) is 72.0 Å². The summed E-state index contributed by atoms with van der Waals surface area (Å²) in [5, 5.41) is 35.1. The van der Waals surface area contributed by atoms with Crippen LogP contribution in [0, 0.1) is 23.7 Å². The third-order valence-corrected chi connectivity index (χ3v) is 10.3. The van der Waals surface area contributed by atoms with Crippen LogP contribution in [0.2, 0.25) is 0 Å². The lowest BCUT2D eigenvalue weighted by molar-refractivity contribution is -0.329. The Morgan fingerprint density at radius 1 is 1.20 bits per heavy atom. The van der Waals surface area contributed by atoms with Crippen LogP contribution in [0.4, 0.5) is 0 Å². The van der Waals surface area contributed by atoms with Gasteiger partial charge in [-0.25, -0.2) is 4.79 Å². The maximum absolute atomic E-state index is 14.1. The molecule has 10 heteroatoms. The first-order valence-electron chi connectivity index (χ1n) is 13.7. The van der Waals surface area contributed by atoms with Gasteiger partial charge in [-0.05, 0) is 44.4 Å². The average Bonchev–Trinajstić information content (AvgIpc) is 3.41. The first kappa shape index (κ1) is 29.0. The number of rotatable bonds is 5. The number of aliphatic hydroxyl groups is 3. The number of Topliss-reactive ketones (excluding diaryl/α,β-unsaturated/α-hetero) is 1. The number of hydrogen-bond acceptors (Lipinski definition) is 10. The molecule has 5 rings (SSSR count). The highest BCUT2D eigenvalue weighted by Gasteiger charge is 2.73. The number of ether oxygens (including phenoxy) is 3. The second kappa shape index (κ2) is 9.51. The van der Waals surface area contributed by atoms with E-state index in [9.17, 15) is 29.7 Å². The Morgan fingerprint density at radius 3 is 2.48 bits per heavy atom. The van der Waals surface area contributed by atoms with Gasteiger partial charge in [-0.15, -0.1) is 0 Å². The molecular weight excluding hydrogens is 520 g/mol. The molecule has 1 aliphatic heterocycles. The number of furan rings is 1. The van der Waals surface area contributed by atoms with Crippen LogP contribution in [-0.4, -0.2) is 75.3 Å². The maximum atomic E-state index is 14.1. The minimum atomic E-state index is -1.87. The molecule has 4 aliphatic rings. The first-order chi connectivity index (χ1) is 18.6. The van der Waals surface area contributed by atoms with E-state index in [2.05, 4.69) is 0 Å². The Morgan fingerprint density at radius 2 is 1.90 bits per heavy atom. The highest BCUT2D eigenvalue weighted by Crippen LogP contribution is 2.63.